The molecule has 2 aromatic rings. The van der Waals surface area contributed by atoms with Crippen LogP contribution in [0.25, 0.3) is 0 Å². The SMILES string of the molecule is Cc1ccc(Cl)c(NS(=O)(=O)c2ccc(N)nc2)c1Cl. The van der Waals surface area contributed by atoms with Gasteiger partial charge in [-0.05, 0) is 30.7 Å². The molecule has 0 bridgehead atoms. The molecule has 0 saturated carbocycles. The van der Waals surface area contributed by atoms with Crippen molar-refractivity contribution in [3.8, 4) is 0 Å². The highest BCUT2D eigenvalue weighted by atomic mass is 35.5. The van der Waals surface area contributed by atoms with Gasteiger partial charge in [-0.15, -0.1) is 0 Å². The summed E-state index contributed by atoms with van der Waals surface area (Å²) >= 11 is 12.0. The zero-order chi connectivity index (χ0) is 14.9. The Hall–Kier alpha value is -1.50. The molecular weight excluding hydrogens is 321 g/mol. The van der Waals surface area contributed by atoms with Crippen molar-refractivity contribution in [2.75, 3.05) is 10.5 Å². The van der Waals surface area contributed by atoms with Gasteiger partial charge in [-0.25, -0.2) is 13.4 Å². The average molecular weight is 332 g/mol. The maximum atomic E-state index is 12.2. The van der Waals surface area contributed by atoms with Crippen LogP contribution in [0, 0.1) is 6.92 Å². The van der Waals surface area contributed by atoms with Crippen molar-refractivity contribution in [2.24, 2.45) is 0 Å². The second kappa shape index (κ2) is 5.47. The van der Waals surface area contributed by atoms with Crippen molar-refractivity contribution in [1.82, 2.24) is 4.98 Å². The van der Waals surface area contributed by atoms with Crippen molar-refractivity contribution < 1.29 is 8.42 Å². The number of rotatable bonds is 3. The van der Waals surface area contributed by atoms with E-state index in [0.29, 0.717) is 5.56 Å². The topological polar surface area (TPSA) is 85.1 Å². The third-order valence-corrected chi connectivity index (χ3v) is 4.73. The Morgan fingerprint density at radius 3 is 2.50 bits per heavy atom. The van der Waals surface area contributed by atoms with Crippen LogP contribution in [0.3, 0.4) is 0 Å². The fourth-order valence-corrected chi connectivity index (χ4v) is 3.11. The van der Waals surface area contributed by atoms with E-state index in [-0.39, 0.29) is 26.4 Å². The van der Waals surface area contributed by atoms with Gasteiger partial charge in [-0.3, -0.25) is 4.72 Å². The summed E-state index contributed by atoms with van der Waals surface area (Å²) < 4.78 is 26.8. The van der Waals surface area contributed by atoms with E-state index in [1.54, 1.807) is 19.1 Å². The van der Waals surface area contributed by atoms with Crippen LogP contribution in [0.2, 0.25) is 10.0 Å². The van der Waals surface area contributed by atoms with Gasteiger partial charge in [0.25, 0.3) is 10.0 Å². The van der Waals surface area contributed by atoms with Gasteiger partial charge >= 0.3 is 0 Å². The lowest BCUT2D eigenvalue weighted by atomic mass is 10.2. The number of hydrogen-bond donors (Lipinski definition) is 2. The van der Waals surface area contributed by atoms with Crippen LogP contribution < -0.4 is 10.5 Å². The van der Waals surface area contributed by atoms with Crippen molar-refractivity contribution in [1.29, 1.82) is 0 Å². The molecule has 3 N–H and O–H groups in total. The standard InChI is InChI=1S/C12H11Cl2N3O2S/c1-7-2-4-9(13)12(11(7)14)17-20(18,19)8-3-5-10(15)16-6-8/h2-6,17H,1H3,(H2,15,16). The van der Waals surface area contributed by atoms with Crippen LogP contribution in [-0.2, 0) is 10.0 Å². The summed E-state index contributed by atoms with van der Waals surface area (Å²) in [5, 5.41) is 0.469. The van der Waals surface area contributed by atoms with E-state index in [9.17, 15) is 8.42 Å². The minimum atomic E-state index is -3.83. The monoisotopic (exact) mass is 331 g/mol. The maximum absolute atomic E-state index is 12.2. The predicted molar refractivity (Wildman–Crippen MR) is 80.7 cm³/mol. The number of nitrogens with zero attached hydrogens (tertiary/aromatic N) is 1. The van der Waals surface area contributed by atoms with E-state index in [0.717, 1.165) is 6.20 Å². The lowest BCUT2D eigenvalue weighted by Gasteiger charge is -2.12. The first-order valence-electron chi connectivity index (χ1n) is 5.50. The lowest BCUT2D eigenvalue weighted by Crippen LogP contribution is -2.14. The molecule has 106 valence electrons. The van der Waals surface area contributed by atoms with Gasteiger partial charge in [-0.1, -0.05) is 29.3 Å². The fourth-order valence-electron chi connectivity index (χ4n) is 1.49. The Balaban J connectivity index is 2.43. The molecule has 0 radical (unpaired) electrons. The van der Waals surface area contributed by atoms with Gasteiger partial charge in [0.2, 0.25) is 0 Å². The number of nitrogens with two attached hydrogens (primary N) is 1. The third kappa shape index (κ3) is 2.98. The molecule has 8 heteroatoms. The average Bonchev–Trinajstić information content (AvgIpc) is 2.40. The van der Waals surface area contributed by atoms with E-state index in [4.69, 9.17) is 28.9 Å². The zero-order valence-corrected chi connectivity index (χ0v) is 12.7. The number of anilines is 2. The number of sulfonamides is 1. The molecule has 0 amide bonds. The normalized spacial score (nSPS) is 11.3. The van der Waals surface area contributed by atoms with E-state index < -0.39 is 10.0 Å². The summed E-state index contributed by atoms with van der Waals surface area (Å²) in [4.78, 5) is 3.71. The van der Waals surface area contributed by atoms with Crippen LogP contribution in [-0.4, -0.2) is 13.4 Å². The second-order valence-corrected chi connectivity index (χ2v) is 6.55. The largest absolute Gasteiger partial charge is 0.384 e. The Bertz CT molecular complexity index is 746. The summed E-state index contributed by atoms with van der Waals surface area (Å²) in [7, 11) is -3.83. The Labute approximate surface area is 126 Å². The Morgan fingerprint density at radius 1 is 1.20 bits per heavy atom. The molecule has 0 atom stereocenters. The summed E-state index contributed by atoms with van der Waals surface area (Å²) in [5.74, 6) is 0.232. The molecule has 1 aromatic heterocycles. The molecule has 5 nitrogen and oxygen atoms in total. The Morgan fingerprint density at radius 2 is 1.90 bits per heavy atom. The van der Waals surface area contributed by atoms with Gasteiger partial charge in [0, 0.05) is 6.20 Å². The van der Waals surface area contributed by atoms with Crippen LogP contribution in [0.5, 0.6) is 0 Å². The molecule has 0 aliphatic carbocycles. The smallest absolute Gasteiger partial charge is 0.263 e. The molecule has 0 fully saturated rings. The van der Waals surface area contributed by atoms with Gasteiger partial charge in [0.15, 0.2) is 0 Å². The number of aromatic nitrogens is 1. The highest BCUT2D eigenvalue weighted by molar-refractivity contribution is 7.92. The number of hydrogen-bond acceptors (Lipinski definition) is 4. The summed E-state index contributed by atoms with van der Waals surface area (Å²) in [5.41, 5.74) is 6.28. The van der Waals surface area contributed by atoms with Crippen LogP contribution in [0.15, 0.2) is 35.4 Å². The number of halogens is 2. The first kappa shape index (κ1) is 14.9. The van der Waals surface area contributed by atoms with Crippen molar-refractivity contribution >= 4 is 44.7 Å². The molecule has 1 aromatic carbocycles. The fraction of sp³-hybridized carbons (Fsp3) is 0.0833. The Kier molecular flexibility index (Phi) is 4.08. The molecule has 0 unspecified atom stereocenters. The first-order valence-corrected chi connectivity index (χ1v) is 7.74. The first-order chi connectivity index (χ1) is 9.31. The number of benzene rings is 1. The molecule has 0 aliphatic heterocycles. The van der Waals surface area contributed by atoms with E-state index >= 15 is 0 Å². The minimum Gasteiger partial charge on any atom is -0.384 e. The van der Waals surface area contributed by atoms with E-state index in [1.807, 2.05) is 0 Å². The zero-order valence-electron chi connectivity index (χ0n) is 10.4. The molecule has 0 aliphatic rings. The number of nitrogens with one attached hydrogen (secondary N) is 1. The van der Waals surface area contributed by atoms with Crippen molar-refractivity contribution in [2.45, 2.75) is 11.8 Å². The van der Waals surface area contributed by atoms with E-state index in [2.05, 4.69) is 9.71 Å². The quantitative estimate of drug-likeness (QED) is 0.904. The molecule has 1 heterocycles. The highest BCUT2D eigenvalue weighted by Gasteiger charge is 2.19. The number of aryl methyl sites for hydroxylation is 1. The van der Waals surface area contributed by atoms with Gasteiger partial charge in [-0.2, -0.15) is 0 Å². The molecular formula is C12H11Cl2N3O2S. The van der Waals surface area contributed by atoms with Gasteiger partial charge in [0.1, 0.15) is 10.7 Å². The van der Waals surface area contributed by atoms with Gasteiger partial charge < -0.3 is 5.73 Å². The highest BCUT2D eigenvalue weighted by Crippen LogP contribution is 2.34. The molecule has 0 spiro atoms. The summed E-state index contributed by atoms with van der Waals surface area (Å²) in [6.07, 6.45) is 1.16. The molecule has 0 saturated heterocycles. The van der Waals surface area contributed by atoms with Crippen molar-refractivity contribution in [3.05, 3.63) is 46.1 Å². The minimum absolute atomic E-state index is 0.0275. The van der Waals surface area contributed by atoms with Gasteiger partial charge in [0.05, 0.1) is 15.7 Å². The van der Waals surface area contributed by atoms with Crippen molar-refractivity contribution in [3.63, 3.8) is 0 Å². The predicted octanol–water partition coefficient (Wildman–Crippen LogP) is 3.08. The number of nitrogen functional groups attached to an aromatic ring is 1. The van der Waals surface area contributed by atoms with Crippen LogP contribution >= 0.6 is 23.2 Å². The second-order valence-electron chi connectivity index (χ2n) is 4.08. The summed E-state index contributed by atoms with van der Waals surface area (Å²) in [6.45, 7) is 1.75. The molecule has 2 rings (SSSR count). The third-order valence-electron chi connectivity index (χ3n) is 2.59. The van der Waals surface area contributed by atoms with Crippen LogP contribution in [0.1, 0.15) is 5.56 Å². The molecule has 20 heavy (non-hydrogen) atoms. The maximum Gasteiger partial charge on any atom is 0.263 e. The summed E-state index contributed by atoms with van der Waals surface area (Å²) in [6, 6.07) is 6.02. The number of pyridine rings is 1. The van der Waals surface area contributed by atoms with Crippen LogP contribution in [0.4, 0.5) is 11.5 Å². The van der Waals surface area contributed by atoms with E-state index in [1.165, 1.54) is 12.1 Å². The lowest BCUT2D eigenvalue weighted by molar-refractivity contribution is 0.601.